The van der Waals surface area contributed by atoms with Crippen LogP contribution in [0.25, 0.3) is 10.9 Å². The lowest BCUT2D eigenvalue weighted by molar-refractivity contribution is 0.591. The summed E-state index contributed by atoms with van der Waals surface area (Å²) in [7, 11) is -2.87. The summed E-state index contributed by atoms with van der Waals surface area (Å²) >= 11 is 1.39. The highest BCUT2D eigenvalue weighted by molar-refractivity contribution is 7.92. The summed E-state index contributed by atoms with van der Waals surface area (Å²) in [5.41, 5.74) is 0.958. The molecule has 96 valence electrons. The third-order valence-corrected chi connectivity index (χ3v) is 6.45. The molecule has 0 radical (unpaired) electrons. The quantitative estimate of drug-likeness (QED) is 0.938. The molecule has 3 rings (SSSR count). The fourth-order valence-electron chi connectivity index (χ4n) is 2.31. The Balaban J connectivity index is 1.78. The van der Waals surface area contributed by atoms with Gasteiger partial charge in [-0.3, -0.25) is 0 Å². The molecule has 1 unspecified atom stereocenters. The van der Waals surface area contributed by atoms with Crippen LogP contribution < -0.4 is 5.32 Å². The summed E-state index contributed by atoms with van der Waals surface area (Å²) in [6, 6.07) is 7.88. The highest BCUT2D eigenvalue weighted by Crippen LogP contribution is 2.28. The van der Waals surface area contributed by atoms with Gasteiger partial charge in [0.1, 0.15) is 5.00 Å². The number of aromatic nitrogens is 1. The molecule has 4 nitrogen and oxygen atoms in total. The van der Waals surface area contributed by atoms with Crippen LogP contribution in [0.15, 0.2) is 24.3 Å². The zero-order valence-corrected chi connectivity index (χ0v) is 11.4. The van der Waals surface area contributed by atoms with Gasteiger partial charge in [0.05, 0.1) is 16.5 Å². The van der Waals surface area contributed by atoms with E-state index in [1.165, 1.54) is 11.5 Å². The van der Waals surface area contributed by atoms with Crippen molar-refractivity contribution >= 4 is 37.3 Å². The number of hydrogen-bond acceptors (Lipinski definition) is 5. The lowest BCUT2D eigenvalue weighted by atomic mass is 10.2. The third-order valence-electron chi connectivity index (χ3n) is 3.34. The number of benzene rings is 1. The molecule has 0 bridgehead atoms. The molecule has 6 heteroatoms. The average Bonchev–Trinajstić information content (AvgIpc) is 2.90. The molecule has 0 amide bonds. The van der Waals surface area contributed by atoms with Gasteiger partial charge in [0.15, 0.2) is 9.84 Å². The second kappa shape index (κ2) is 4.51. The Hall–Kier alpha value is -1.14. The van der Waals surface area contributed by atoms with E-state index in [0.717, 1.165) is 28.7 Å². The standard InChI is InChI=1S/C12H14N2O2S2/c15-18(16)7-3-4-9(18)8-13-12-10-5-1-2-6-11(10)14-17-12/h1-2,5-6,9,13H,3-4,7-8H2. The lowest BCUT2D eigenvalue weighted by Crippen LogP contribution is -2.24. The van der Waals surface area contributed by atoms with E-state index in [-0.39, 0.29) is 5.25 Å². The maximum Gasteiger partial charge on any atom is 0.154 e. The van der Waals surface area contributed by atoms with Crippen molar-refractivity contribution in [2.75, 3.05) is 17.6 Å². The highest BCUT2D eigenvalue weighted by Gasteiger charge is 2.31. The van der Waals surface area contributed by atoms with Gasteiger partial charge in [-0.2, -0.15) is 4.37 Å². The van der Waals surface area contributed by atoms with E-state index < -0.39 is 9.84 Å². The van der Waals surface area contributed by atoms with Crippen molar-refractivity contribution in [2.45, 2.75) is 18.1 Å². The zero-order chi connectivity index (χ0) is 12.6. The van der Waals surface area contributed by atoms with Gasteiger partial charge in [0.2, 0.25) is 0 Å². The topological polar surface area (TPSA) is 59.1 Å². The van der Waals surface area contributed by atoms with Gasteiger partial charge in [-0.1, -0.05) is 12.1 Å². The van der Waals surface area contributed by atoms with Gasteiger partial charge < -0.3 is 5.32 Å². The first kappa shape index (κ1) is 11.9. The molecule has 0 spiro atoms. The lowest BCUT2D eigenvalue weighted by Gasteiger charge is -2.10. The van der Waals surface area contributed by atoms with Crippen LogP contribution in [0.3, 0.4) is 0 Å². The first-order chi connectivity index (χ1) is 8.67. The largest absolute Gasteiger partial charge is 0.374 e. The normalized spacial score (nSPS) is 22.3. The number of rotatable bonds is 3. The van der Waals surface area contributed by atoms with Gasteiger partial charge in [-0.25, -0.2) is 8.42 Å². The zero-order valence-electron chi connectivity index (χ0n) is 9.80. The van der Waals surface area contributed by atoms with Gasteiger partial charge in [0, 0.05) is 11.9 Å². The summed E-state index contributed by atoms with van der Waals surface area (Å²) in [6.45, 7) is 0.495. The Kier molecular flexibility index (Phi) is 2.99. The number of sulfone groups is 1. The molecule has 1 aromatic carbocycles. The van der Waals surface area contributed by atoms with E-state index in [1.807, 2.05) is 24.3 Å². The summed E-state index contributed by atoms with van der Waals surface area (Å²) in [4.78, 5) is 0. The minimum absolute atomic E-state index is 0.238. The molecule has 1 aromatic heterocycles. The van der Waals surface area contributed by atoms with Crippen LogP contribution in [-0.2, 0) is 9.84 Å². The van der Waals surface area contributed by atoms with Crippen LogP contribution in [-0.4, -0.2) is 30.3 Å². The second-order valence-electron chi connectivity index (χ2n) is 4.54. The molecule has 1 saturated heterocycles. The number of fused-ring (bicyclic) bond motifs is 1. The monoisotopic (exact) mass is 282 g/mol. The summed E-state index contributed by atoms with van der Waals surface area (Å²) in [6.07, 6.45) is 1.56. The minimum atomic E-state index is -2.87. The van der Waals surface area contributed by atoms with Crippen molar-refractivity contribution in [3.63, 3.8) is 0 Å². The Morgan fingerprint density at radius 2 is 2.22 bits per heavy atom. The molecule has 18 heavy (non-hydrogen) atoms. The van der Waals surface area contributed by atoms with E-state index in [2.05, 4.69) is 9.69 Å². The van der Waals surface area contributed by atoms with Crippen LogP contribution in [0.5, 0.6) is 0 Å². The van der Waals surface area contributed by atoms with Crippen LogP contribution in [0.1, 0.15) is 12.8 Å². The van der Waals surface area contributed by atoms with E-state index in [0.29, 0.717) is 12.3 Å². The molecular formula is C12H14N2O2S2. The number of hydrogen-bond donors (Lipinski definition) is 1. The predicted molar refractivity (Wildman–Crippen MR) is 74.9 cm³/mol. The fourth-order valence-corrected chi connectivity index (χ4v) is 4.84. The van der Waals surface area contributed by atoms with Crippen LogP contribution in [0, 0.1) is 0 Å². The van der Waals surface area contributed by atoms with E-state index in [9.17, 15) is 8.42 Å². The van der Waals surface area contributed by atoms with Crippen LogP contribution >= 0.6 is 11.5 Å². The molecule has 1 N–H and O–H groups in total. The summed E-state index contributed by atoms with van der Waals surface area (Å²) in [5.74, 6) is 0.336. The molecule has 1 aliphatic heterocycles. The van der Waals surface area contributed by atoms with Crippen LogP contribution in [0.4, 0.5) is 5.00 Å². The molecule has 2 heterocycles. The maximum absolute atomic E-state index is 11.7. The SMILES string of the molecule is O=S1(=O)CCCC1CNc1snc2ccccc12. The molecular weight excluding hydrogens is 268 g/mol. The smallest absolute Gasteiger partial charge is 0.154 e. The molecule has 1 atom stereocenters. The Morgan fingerprint density at radius 1 is 1.39 bits per heavy atom. The molecule has 0 saturated carbocycles. The van der Waals surface area contributed by atoms with Gasteiger partial charge in [0.25, 0.3) is 0 Å². The van der Waals surface area contributed by atoms with E-state index in [1.54, 1.807) is 0 Å². The van der Waals surface area contributed by atoms with Crippen molar-refractivity contribution < 1.29 is 8.42 Å². The summed E-state index contributed by atoms with van der Waals surface area (Å²) in [5, 5.41) is 5.04. The average molecular weight is 282 g/mol. The van der Waals surface area contributed by atoms with Gasteiger partial charge in [-0.05, 0) is 36.5 Å². The maximum atomic E-state index is 11.7. The number of anilines is 1. The number of nitrogens with zero attached hydrogens (tertiary/aromatic N) is 1. The number of nitrogens with one attached hydrogen (secondary N) is 1. The van der Waals surface area contributed by atoms with E-state index >= 15 is 0 Å². The van der Waals surface area contributed by atoms with E-state index in [4.69, 9.17) is 0 Å². The predicted octanol–water partition coefficient (Wildman–Crippen LogP) is 2.29. The Bertz CT molecular complexity index is 664. The van der Waals surface area contributed by atoms with Gasteiger partial charge >= 0.3 is 0 Å². The van der Waals surface area contributed by atoms with Gasteiger partial charge in [-0.15, -0.1) is 0 Å². The Labute approximate surface area is 110 Å². The van der Waals surface area contributed by atoms with Crippen molar-refractivity contribution in [2.24, 2.45) is 0 Å². The fraction of sp³-hybridized carbons (Fsp3) is 0.417. The third kappa shape index (κ3) is 2.10. The molecule has 1 aliphatic rings. The van der Waals surface area contributed by atoms with Crippen molar-refractivity contribution in [3.8, 4) is 0 Å². The molecule has 0 aliphatic carbocycles. The Morgan fingerprint density at radius 3 is 3.00 bits per heavy atom. The molecule has 2 aromatic rings. The van der Waals surface area contributed by atoms with Crippen molar-refractivity contribution in [1.29, 1.82) is 0 Å². The highest BCUT2D eigenvalue weighted by atomic mass is 32.2. The first-order valence-corrected chi connectivity index (χ1v) is 8.45. The molecule has 1 fully saturated rings. The van der Waals surface area contributed by atoms with Crippen LogP contribution in [0.2, 0.25) is 0 Å². The van der Waals surface area contributed by atoms with Crippen molar-refractivity contribution in [3.05, 3.63) is 24.3 Å². The minimum Gasteiger partial charge on any atom is -0.374 e. The second-order valence-corrected chi connectivity index (χ2v) is 7.72. The first-order valence-electron chi connectivity index (χ1n) is 5.97. The van der Waals surface area contributed by atoms with Crippen molar-refractivity contribution in [1.82, 2.24) is 4.37 Å². The summed E-state index contributed by atoms with van der Waals surface area (Å²) < 4.78 is 27.8.